The van der Waals surface area contributed by atoms with E-state index in [1.807, 2.05) is 19.2 Å². The number of nitrogens with two attached hydrogens (primary N) is 2. The Kier molecular flexibility index (Phi) is 6.48. The van der Waals surface area contributed by atoms with E-state index in [0.29, 0.717) is 30.5 Å². The zero-order valence-electron chi connectivity index (χ0n) is 14.2. The molecule has 0 aliphatic carbocycles. The van der Waals surface area contributed by atoms with Crippen LogP contribution in [0.4, 0.5) is 5.13 Å². The first-order valence-corrected chi connectivity index (χ1v) is 9.77. The minimum Gasteiger partial charge on any atom is -0.370 e. The number of aromatic nitrogens is 1. The zero-order chi connectivity index (χ0) is 18.4. The Hall–Kier alpha value is -2.01. The average molecular weight is 386 g/mol. The largest absolute Gasteiger partial charge is 0.370 e. The molecule has 0 bridgehead atoms. The van der Waals surface area contributed by atoms with Crippen molar-refractivity contribution in [1.82, 2.24) is 15.6 Å². The number of hydrogen-bond donors (Lipinski definition) is 4. The lowest BCUT2D eigenvalue weighted by atomic mass is 9.85. The summed E-state index contributed by atoms with van der Waals surface area (Å²) in [5.41, 5.74) is 11.7. The van der Waals surface area contributed by atoms with Crippen molar-refractivity contribution in [2.24, 2.45) is 21.9 Å². The smallest absolute Gasteiger partial charge is 0.286 e. The van der Waals surface area contributed by atoms with E-state index in [2.05, 4.69) is 20.6 Å². The van der Waals surface area contributed by atoms with Gasteiger partial charge in [0.2, 0.25) is 5.13 Å². The summed E-state index contributed by atoms with van der Waals surface area (Å²) in [6, 6.07) is 0. The van der Waals surface area contributed by atoms with Crippen LogP contribution in [-0.2, 0) is 5.75 Å². The number of nitro groups is 1. The quantitative estimate of drug-likeness (QED) is 0.172. The summed E-state index contributed by atoms with van der Waals surface area (Å²) in [5.74, 6) is 2.07. The third-order valence-corrected chi connectivity index (χ3v) is 5.24. The highest BCUT2D eigenvalue weighted by atomic mass is 32.2. The van der Waals surface area contributed by atoms with Gasteiger partial charge in [-0.3, -0.25) is 10.1 Å². The van der Waals surface area contributed by atoms with Crippen molar-refractivity contribution < 1.29 is 4.92 Å². The number of aliphatic imine (C=N–C) groups is 1. The molecule has 0 fully saturated rings. The third-order valence-electron chi connectivity index (χ3n) is 3.46. The predicted molar refractivity (Wildman–Crippen MR) is 102 cm³/mol. The summed E-state index contributed by atoms with van der Waals surface area (Å²) in [5, 5.41) is 20.0. The van der Waals surface area contributed by atoms with Crippen LogP contribution in [0.5, 0.6) is 0 Å². The number of nitrogens with zero attached hydrogens (tertiary/aromatic N) is 3. The highest BCUT2D eigenvalue weighted by Crippen LogP contribution is 2.29. The lowest BCUT2D eigenvalue weighted by Gasteiger charge is -2.30. The van der Waals surface area contributed by atoms with Gasteiger partial charge in [-0.25, -0.2) is 4.98 Å². The molecule has 0 aromatic carbocycles. The molecule has 11 heteroatoms. The molecular formula is C14H23N7O2S2. The first-order chi connectivity index (χ1) is 11.8. The van der Waals surface area contributed by atoms with Crippen molar-refractivity contribution in [3.8, 4) is 0 Å². The summed E-state index contributed by atoms with van der Waals surface area (Å²) in [4.78, 5) is 19.1. The van der Waals surface area contributed by atoms with Crippen LogP contribution in [0.2, 0.25) is 0 Å². The van der Waals surface area contributed by atoms with Gasteiger partial charge in [0.05, 0.1) is 10.6 Å². The fourth-order valence-corrected chi connectivity index (χ4v) is 3.86. The van der Waals surface area contributed by atoms with Crippen LogP contribution in [0, 0.1) is 15.5 Å². The fourth-order valence-electron chi connectivity index (χ4n) is 2.30. The maximum Gasteiger partial charge on any atom is 0.286 e. The molecule has 138 valence electrons. The van der Waals surface area contributed by atoms with Gasteiger partial charge in [-0.2, -0.15) is 16.8 Å². The summed E-state index contributed by atoms with van der Waals surface area (Å²) in [6.45, 7) is 5.38. The average Bonchev–Trinajstić information content (AvgIpc) is 2.94. The molecule has 1 aliphatic heterocycles. The van der Waals surface area contributed by atoms with E-state index in [0.717, 1.165) is 17.2 Å². The van der Waals surface area contributed by atoms with Gasteiger partial charge in [0, 0.05) is 36.4 Å². The van der Waals surface area contributed by atoms with Gasteiger partial charge >= 0.3 is 0 Å². The van der Waals surface area contributed by atoms with Crippen LogP contribution >= 0.6 is 23.1 Å². The number of rotatable bonds is 8. The van der Waals surface area contributed by atoms with E-state index in [1.165, 1.54) is 11.3 Å². The second-order valence-electron chi connectivity index (χ2n) is 6.41. The summed E-state index contributed by atoms with van der Waals surface area (Å²) < 4.78 is 0. The SMILES string of the molecule is CC1(C)CNC(NCCSCc2csc(N=C(N)N)n2)=C([N+](=O)[O-])C1. The number of thioether (sulfide) groups is 1. The van der Waals surface area contributed by atoms with Crippen molar-refractivity contribution in [1.29, 1.82) is 0 Å². The van der Waals surface area contributed by atoms with Gasteiger partial charge in [0.25, 0.3) is 5.70 Å². The Morgan fingerprint density at radius 2 is 2.36 bits per heavy atom. The van der Waals surface area contributed by atoms with Crippen molar-refractivity contribution in [2.75, 3.05) is 18.8 Å². The molecule has 6 N–H and O–H groups in total. The van der Waals surface area contributed by atoms with Crippen LogP contribution in [0.25, 0.3) is 0 Å². The first kappa shape index (κ1) is 19.3. The lowest BCUT2D eigenvalue weighted by Crippen LogP contribution is -2.42. The molecule has 1 aromatic heterocycles. The molecule has 2 rings (SSSR count). The van der Waals surface area contributed by atoms with E-state index in [9.17, 15) is 10.1 Å². The van der Waals surface area contributed by atoms with Crippen molar-refractivity contribution in [3.63, 3.8) is 0 Å². The van der Waals surface area contributed by atoms with Crippen molar-refractivity contribution in [3.05, 3.63) is 32.7 Å². The molecule has 0 atom stereocenters. The second kappa shape index (κ2) is 8.39. The van der Waals surface area contributed by atoms with Gasteiger partial charge < -0.3 is 22.1 Å². The third kappa shape index (κ3) is 6.09. The standard InChI is InChI=1S/C14H23N7O2S2/c1-14(2)5-10(21(22)23)11(18-8-14)17-3-4-24-6-9-7-25-13(19-9)20-12(15)16/h7,17-18H,3-6,8H2,1-2H3,(H4,15,16,19,20). The van der Waals surface area contributed by atoms with E-state index in [-0.39, 0.29) is 22.0 Å². The molecule has 0 saturated heterocycles. The summed E-state index contributed by atoms with van der Waals surface area (Å²) in [7, 11) is 0. The highest BCUT2D eigenvalue weighted by Gasteiger charge is 2.33. The molecule has 1 aromatic rings. The van der Waals surface area contributed by atoms with Crippen LogP contribution in [0.3, 0.4) is 0 Å². The van der Waals surface area contributed by atoms with Crippen LogP contribution in [-0.4, -0.2) is 34.7 Å². The zero-order valence-corrected chi connectivity index (χ0v) is 15.9. The Morgan fingerprint density at radius 1 is 1.60 bits per heavy atom. The van der Waals surface area contributed by atoms with Gasteiger partial charge in [-0.15, -0.1) is 11.3 Å². The number of thiazole rings is 1. The lowest BCUT2D eigenvalue weighted by molar-refractivity contribution is -0.432. The van der Waals surface area contributed by atoms with Gasteiger partial charge in [0.15, 0.2) is 11.8 Å². The topological polar surface area (TPSA) is 144 Å². The monoisotopic (exact) mass is 385 g/mol. The molecule has 0 amide bonds. The molecule has 25 heavy (non-hydrogen) atoms. The van der Waals surface area contributed by atoms with Gasteiger partial charge in [0.1, 0.15) is 0 Å². The molecule has 0 unspecified atom stereocenters. The summed E-state index contributed by atoms with van der Waals surface area (Å²) >= 11 is 3.07. The highest BCUT2D eigenvalue weighted by molar-refractivity contribution is 7.98. The molecule has 0 spiro atoms. The molecular weight excluding hydrogens is 362 g/mol. The number of hydrogen-bond acceptors (Lipinski definition) is 8. The Morgan fingerprint density at radius 3 is 3.04 bits per heavy atom. The number of allylic oxidation sites excluding steroid dienone is 1. The maximum absolute atomic E-state index is 11.2. The predicted octanol–water partition coefficient (Wildman–Crippen LogP) is 1.34. The fraction of sp³-hybridized carbons (Fsp3) is 0.571. The summed E-state index contributed by atoms with van der Waals surface area (Å²) in [6.07, 6.45) is 0.453. The maximum atomic E-state index is 11.2. The molecule has 9 nitrogen and oxygen atoms in total. The Balaban J connectivity index is 1.78. The first-order valence-electron chi connectivity index (χ1n) is 7.74. The van der Waals surface area contributed by atoms with Crippen molar-refractivity contribution in [2.45, 2.75) is 26.0 Å². The van der Waals surface area contributed by atoms with Crippen LogP contribution in [0.15, 0.2) is 21.9 Å². The molecule has 2 heterocycles. The van der Waals surface area contributed by atoms with Crippen LogP contribution in [0.1, 0.15) is 26.0 Å². The molecule has 0 radical (unpaired) electrons. The molecule has 0 saturated carbocycles. The van der Waals surface area contributed by atoms with Crippen LogP contribution < -0.4 is 22.1 Å². The van der Waals surface area contributed by atoms with E-state index in [4.69, 9.17) is 11.5 Å². The second-order valence-corrected chi connectivity index (χ2v) is 8.35. The minimum absolute atomic E-state index is 0.00391. The van der Waals surface area contributed by atoms with E-state index in [1.54, 1.807) is 11.8 Å². The number of guanidine groups is 1. The van der Waals surface area contributed by atoms with E-state index < -0.39 is 0 Å². The Labute approximate surface area is 154 Å². The minimum atomic E-state index is -0.302. The number of nitrogens with one attached hydrogen (secondary N) is 2. The van der Waals surface area contributed by atoms with E-state index >= 15 is 0 Å². The normalized spacial score (nSPS) is 16.2. The van der Waals surface area contributed by atoms with Gasteiger partial charge in [-0.05, 0) is 5.41 Å². The Bertz CT molecular complexity index is 680. The molecule has 1 aliphatic rings. The van der Waals surface area contributed by atoms with Crippen molar-refractivity contribution >= 4 is 34.2 Å². The van der Waals surface area contributed by atoms with Gasteiger partial charge in [-0.1, -0.05) is 13.8 Å².